The normalized spacial score (nSPS) is 11.8. The summed E-state index contributed by atoms with van der Waals surface area (Å²) in [5.41, 5.74) is 1.32. The van der Waals surface area contributed by atoms with E-state index >= 15 is 0 Å². The van der Waals surface area contributed by atoms with E-state index in [2.05, 4.69) is 10.3 Å². The van der Waals surface area contributed by atoms with E-state index in [4.69, 9.17) is 0 Å². The van der Waals surface area contributed by atoms with E-state index in [1.807, 2.05) is 30.3 Å². The number of Topliss-reactive ketones (excluding diaryl/α,β-unsaturated/α-hetero) is 1. The summed E-state index contributed by atoms with van der Waals surface area (Å²) in [5, 5.41) is 3.04. The van der Waals surface area contributed by atoms with Crippen LogP contribution in [-0.2, 0) is 11.2 Å². The highest BCUT2D eigenvalue weighted by Gasteiger charge is 2.26. The summed E-state index contributed by atoms with van der Waals surface area (Å²) in [4.78, 5) is 15.9. The molecule has 3 nitrogen and oxygen atoms in total. The minimum Gasteiger partial charge on any atom is -0.302 e. The molecule has 106 valence electrons. The zero-order valence-corrected chi connectivity index (χ0v) is 10.6. The van der Waals surface area contributed by atoms with Crippen molar-refractivity contribution >= 4 is 16.7 Å². The van der Waals surface area contributed by atoms with Crippen LogP contribution < -0.4 is 5.32 Å². The van der Waals surface area contributed by atoms with Gasteiger partial charge in [0, 0.05) is 11.1 Å². The summed E-state index contributed by atoms with van der Waals surface area (Å²) in [5.74, 6) is -0.322. The minimum absolute atomic E-state index is 0.0235. The topological polar surface area (TPSA) is 42.0 Å². The van der Waals surface area contributed by atoms with Crippen molar-refractivity contribution in [1.29, 1.82) is 0 Å². The summed E-state index contributed by atoms with van der Waals surface area (Å²) in [6.07, 6.45) is -4.28. The van der Waals surface area contributed by atoms with E-state index in [-0.39, 0.29) is 18.7 Å². The maximum absolute atomic E-state index is 11.9. The number of fused-ring (bicyclic) bond motifs is 1. The number of rotatable bonds is 5. The number of nitrogens with one attached hydrogen (secondary N) is 1. The number of alkyl halides is 3. The van der Waals surface area contributed by atoms with E-state index in [9.17, 15) is 18.0 Å². The van der Waals surface area contributed by atoms with Crippen molar-refractivity contribution in [3.8, 4) is 0 Å². The van der Waals surface area contributed by atoms with Crippen molar-refractivity contribution in [2.75, 3.05) is 13.1 Å². The summed E-state index contributed by atoms with van der Waals surface area (Å²) in [6, 6.07) is 11.0. The molecule has 1 aromatic carbocycles. The first-order valence-electron chi connectivity index (χ1n) is 6.08. The van der Waals surface area contributed by atoms with Crippen molar-refractivity contribution in [1.82, 2.24) is 10.3 Å². The Kier molecular flexibility index (Phi) is 4.34. The highest BCUT2D eigenvalue weighted by Crippen LogP contribution is 2.13. The number of hydrogen-bond acceptors (Lipinski definition) is 3. The smallest absolute Gasteiger partial charge is 0.302 e. The number of benzene rings is 1. The number of aromatic nitrogens is 1. The molecular formula is C14H13F3N2O. The van der Waals surface area contributed by atoms with Gasteiger partial charge in [-0.05, 0) is 12.1 Å². The van der Waals surface area contributed by atoms with Gasteiger partial charge in [-0.1, -0.05) is 24.3 Å². The van der Waals surface area contributed by atoms with Crippen molar-refractivity contribution in [2.45, 2.75) is 12.6 Å². The lowest BCUT2D eigenvalue weighted by molar-refractivity contribution is -0.127. The number of halogens is 3. The Morgan fingerprint density at radius 2 is 1.90 bits per heavy atom. The van der Waals surface area contributed by atoms with Crippen LogP contribution >= 0.6 is 0 Å². The van der Waals surface area contributed by atoms with Gasteiger partial charge in [0.2, 0.25) is 0 Å². The lowest BCUT2D eigenvalue weighted by atomic mass is 10.1. The van der Waals surface area contributed by atoms with Gasteiger partial charge in [0.15, 0.2) is 5.78 Å². The predicted octanol–water partition coefficient (Wildman–Crippen LogP) is 2.50. The van der Waals surface area contributed by atoms with Crippen LogP contribution in [0.2, 0.25) is 0 Å². The molecular weight excluding hydrogens is 269 g/mol. The molecule has 0 aliphatic heterocycles. The van der Waals surface area contributed by atoms with E-state index in [0.717, 1.165) is 10.9 Å². The number of para-hydroxylation sites is 1. The molecule has 2 rings (SSSR count). The fourth-order valence-electron chi connectivity index (χ4n) is 1.81. The molecule has 1 aromatic heterocycles. The summed E-state index contributed by atoms with van der Waals surface area (Å²) in [6.45, 7) is -1.47. The van der Waals surface area contributed by atoms with Gasteiger partial charge in [-0.2, -0.15) is 13.2 Å². The number of carbonyl (C=O) groups is 1. The Morgan fingerprint density at radius 1 is 1.15 bits per heavy atom. The third-order valence-corrected chi connectivity index (χ3v) is 2.68. The molecule has 0 amide bonds. The van der Waals surface area contributed by atoms with Gasteiger partial charge in [0.05, 0.1) is 25.0 Å². The van der Waals surface area contributed by atoms with Gasteiger partial charge in [-0.25, -0.2) is 0 Å². The third kappa shape index (κ3) is 4.31. The molecule has 0 spiro atoms. The minimum atomic E-state index is -4.30. The zero-order chi connectivity index (χ0) is 14.6. The highest BCUT2D eigenvalue weighted by molar-refractivity contribution is 5.84. The fraction of sp³-hybridized carbons (Fsp3) is 0.286. The summed E-state index contributed by atoms with van der Waals surface area (Å²) < 4.78 is 35.8. The SMILES string of the molecule is O=C(CNCC(F)(F)F)Cc1ccc2ccccc2n1. The first-order valence-corrected chi connectivity index (χ1v) is 6.08. The predicted molar refractivity (Wildman–Crippen MR) is 69.4 cm³/mol. The monoisotopic (exact) mass is 282 g/mol. The van der Waals surface area contributed by atoms with E-state index in [1.54, 1.807) is 6.07 Å². The van der Waals surface area contributed by atoms with Crippen LogP contribution in [0.1, 0.15) is 5.69 Å². The Labute approximate surface area is 113 Å². The molecule has 1 N–H and O–H groups in total. The van der Waals surface area contributed by atoms with Gasteiger partial charge in [0.1, 0.15) is 0 Å². The van der Waals surface area contributed by atoms with Gasteiger partial charge >= 0.3 is 6.18 Å². The molecule has 0 fully saturated rings. The molecule has 0 aliphatic carbocycles. The second kappa shape index (κ2) is 6.00. The van der Waals surface area contributed by atoms with Crippen LogP contribution in [0.4, 0.5) is 13.2 Å². The number of nitrogens with zero attached hydrogens (tertiary/aromatic N) is 1. The first-order chi connectivity index (χ1) is 9.44. The lowest BCUT2D eigenvalue weighted by Crippen LogP contribution is -2.33. The van der Waals surface area contributed by atoms with Crippen molar-refractivity contribution in [2.24, 2.45) is 0 Å². The highest BCUT2D eigenvalue weighted by atomic mass is 19.4. The molecule has 0 saturated heterocycles. The van der Waals surface area contributed by atoms with Gasteiger partial charge in [-0.15, -0.1) is 0 Å². The molecule has 6 heteroatoms. The summed E-state index contributed by atoms with van der Waals surface area (Å²) in [7, 11) is 0. The number of carbonyl (C=O) groups excluding carboxylic acids is 1. The van der Waals surface area contributed by atoms with Crippen LogP contribution in [0.5, 0.6) is 0 Å². The second-order valence-electron chi connectivity index (χ2n) is 4.43. The van der Waals surface area contributed by atoms with Gasteiger partial charge in [-0.3, -0.25) is 9.78 Å². The van der Waals surface area contributed by atoms with Crippen LogP contribution in [0.25, 0.3) is 10.9 Å². The molecule has 20 heavy (non-hydrogen) atoms. The molecule has 0 aliphatic rings. The average Bonchev–Trinajstić information content (AvgIpc) is 2.37. The van der Waals surface area contributed by atoms with E-state index in [0.29, 0.717) is 5.69 Å². The second-order valence-corrected chi connectivity index (χ2v) is 4.43. The van der Waals surface area contributed by atoms with Crippen LogP contribution in [0, 0.1) is 0 Å². The zero-order valence-electron chi connectivity index (χ0n) is 10.6. The standard InChI is InChI=1S/C14H13F3N2O/c15-14(16,17)9-18-8-12(20)7-11-6-5-10-3-1-2-4-13(10)19-11/h1-6,18H,7-9H2. The Balaban J connectivity index is 1.92. The molecule has 0 atom stereocenters. The number of hydrogen-bond donors (Lipinski definition) is 1. The average molecular weight is 282 g/mol. The van der Waals surface area contributed by atoms with Crippen LogP contribution in [-0.4, -0.2) is 30.0 Å². The maximum Gasteiger partial charge on any atom is 0.401 e. The Hall–Kier alpha value is -1.95. The molecule has 2 aromatic rings. The van der Waals surface area contributed by atoms with Crippen molar-refractivity contribution in [3.05, 3.63) is 42.1 Å². The maximum atomic E-state index is 11.9. The van der Waals surface area contributed by atoms with Crippen molar-refractivity contribution in [3.63, 3.8) is 0 Å². The molecule has 0 radical (unpaired) electrons. The van der Waals surface area contributed by atoms with Crippen LogP contribution in [0.3, 0.4) is 0 Å². The van der Waals surface area contributed by atoms with Gasteiger partial charge in [0.25, 0.3) is 0 Å². The molecule has 0 unspecified atom stereocenters. The van der Waals surface area contributed by atoms with E-state index < -0.39 is 12.7 Å². The fourth-order valence-corrected chi connectivity index (χ4v) is 1.81. The number of pyridine rings is 1. The molecule has 0 saturated carbocycles. The van der Waals surface area contributed by atoms with Gasteiger partial charge < -0.3 is 5.32 Å². The third-order valence-electron chi connectivity index (χ3n) is 2.68. The quantitative estimate of drug-likeness (QED) is 0.916. The number of ketones is 1. The Bertz CT molecular complexity index is 611. The van der Waals surface area contributed by atoms with E-state index in [1.165, 1.54) is 0 Å². The largest absolute Gasteiger partial charge is 0.401 e. The lowest BCUT2D eigenvalue weighted by Gasteiger charge is -2.07. The van der Waals surface area contributed by atoms with Crippen molar-refractivity contribution < 1.29 is 18.0 Å². The first kappa shape index (κ1) is 14.5. The molecule has 0 bridgehead atoms. The molecule has 1 heterocycles. The Morgan fingerprint density at radius 3 is 2.65 bits per heavy atom. The van der Waals surface area contributed by atoms with Crippen LogP contribution in [0.15, 0.2) is 36.4 Å². The summed E-state index contributed by atoms with van der Waals surface area (Å²) >= 11 is 0.